The van der Waals surface area contributed by atoms with E-state index >= 15 is 0 Å². The van der Waals surface area contributed by atoms with Crippen molar-refractivity contribution in [2.24, 2.45) is 0 Å². The molecule has 0 spiro atoms. The first-order valence-electron chi connectivity index (χ1n) is 13.1. The van der Waals surface area contributed by atoms with Crippen molar-refractivity contribution in [3.63, 3.8) is 0 Å². The molecule has 0 aromatic heterocycles. The summed E-state index contributed by atoms with van der Waals surface area (Å²) < 4.78 is 1.65. The van der Waals surface area contributed by atoms with Gasteiger partial charge in [-0.2, -0.15) is 4.28 Å². The van der Waals surface area contributed by atoms with Crippen LogP contribution in [0.2, 0.25) is 107 Å². The molecule has 0 nitrogen and oxygen atoms in total. The van der Waals surface area contributed by atoms with E-state index in [1.165, 1.54) is 14.2 Å². The van der Waals surface area contributed by atoms with Crippen LogP contribution in [0, 0.1) is 6.92 Å². The molecular formula is C26H57KSi7. The minimum absolute atomic E-state index is 0. The van der Waals surface area contributed by atoms with E-state index in [4.69, 9.17) is 0 Å². The molecule has 0 amide bonds. The molecule has 8 heteroatoms. The third kappa shape index (κ3) is 7.73. The van der Waals surface area contributed by atoms with Gasteiger partial charge in [0.2, 0.25) is 0 Å². The minimum Gasteiger partial charge on any atom is -0.460 e. The van der Waals surface area contributed by atoms with Crippen molar-refractivity contribution in [1.29, 1.82) is 0 Å². The van der Waals surface area contributed by atoms with E-state index in [-0.39, 0.29) is 58.8 Å². The molecule has 0 unspecified atom stereocenters. The fourth-order valence-corrected chi connectivity index (χ4v) is 86.5. The molecule has 1 aromatic carbocycles. The van der Waals surface area contributed by atoms with Crippen molar-refractivity contribution >= 4 is 55.9 Å². The second-order valence-corrected chi connectivity index (χ2v) is 57.1. The van der Waals surface area contributed by atoms with Gasteiger partial charge < -0.3 is 8.61 Å². The van der Waals surface area contributed by atoms with Crippen LogP contribution < -0.4 is 51.4 Å². The maximum Gasteiger partial charge on any atom is 1.00 e. The summed E-state index contributed by atoms with van der Waals surface area (Å²) in [7, 11) is -4.87. The molecule has 34 heavy (non-hydrogen) atoms. The largest absolute Gasteiger partial charge is 1.00 e. The van der Waals surface area contributed by atoms with Crippen molar-refractivity contribution < 1.29 is 51.4 Å². The quantitative estimate of drug-likeness (QED) is 0.346. The monoisotopic (exact) mass is 604 g/mol. The summed E-state index contributed by atoms with van der Waals surface area (Å²) in [5, 5.41) is 0. The summed E-state index contributed by atoms with van der Waals surface area (Å²) in [6.45, 7) is 43.4. The Balaban J connectivity index is 0.00000116. The van der Waals surface area contributed by atoms with E-state index < -0.39 is 39.9 Å². The molecule has 0 bridgehead atoms. The first-order chi connectivity index (χ1) is 14.4. The second kappa shape index (κ2) is 12.3. The molecule has 0 N–H and O–H groups in total. The van der Waals surface area contributed by atoms with Crippen LogP contribution >= 0.6 is 0 Å². The second-order valence-electron chi connectivity index (χ2n) is 15.7. The van der Waals surface area contributed by atoms with Gasteiger partial charge in [0.05, 0.1) is 0 Å². The van der Waals surface area contributed by atoms with Gasteiger partial charge in [0.25, 0.3) is 0 Å². The summed E-state index contributed by atoms with van der Waals surface area (Å²) >= 11 is 0. The Bertz CT molecular complexity index is 786. The van der Waals surface area contributed by atoms with Gasteiger partial charge in [-0.3, -0.25) is 0 Å². The Morgan fingerprint density at radius 2 is 1.00 bits per heavy atom. The fourth-order valence-electron chi connectivity index (χ4n) is 7.12. The molecule has 0 fully saturated rings. The maximum atomic E-state index is 2.77. The zero-order chi connectivity index (χ0) is 26.3. The summed E-state index contributed by atoms with van der Waals surface area (Å²) in [5.74, 6) is 0. The Morgan fingerprint density at radius 3 is 1.24 bits per heavy atom. The van der Waals surface area contributed by atoms with Crippen LogP contribution in [-0.2, 0) is 0 Å². The van der Waals surface area contributed by atoms with Gasteiger partial charge in [-0.1, -0.05) is 151 Å². The number of hydrogen-bond donors (Lipinski definition) is 0. The van der Waals surface area contributed by atoms with Gasteiger partial charge in [-0.05, 0) is 6.92 Å². The van der Waals surface area contributed by atoms with Crippen molar-refractivity contribution in [2.75, 3.05) is 0 Å². The Morgan fingerprint density at radius 1 is 0.618 bits per heavy atom. The van der Waals surface area contributed by atoms with Crippen LogP contribution in [0.25, 0.3) is 0 Å². The summed E-state index contributed by atoms with van der Waals surface area (Å²) in [6, 6.07) is 10.3. The molecule has 1 heterocycles. The standard InChI is InChI=1S/C19H49Si7.C7H8.K/c1-22(2,3)18(23(4,5)6)16-17-19(24(7,8)9,25(10,11)12)21(20-18)26(13,14)15;1-7-5-3-2-4-6-7;/h16-17H2,1-15H3;2-6H,1H3;/q-1;;+1. The first-order valence-corrected chi connectivity index (χ1v) is 35.1. The van der Waals surface area contributed by atoms with Crippen LogP contribution in [0.3, 0.4) is 0 Å². The van der Waals surface area contributed by atoms with Gasteiger partial charge in [0, 0.05) is 39.9 Å². The zero-order valence-electron chi connectivity index (χ0n) is 26.3. The summed E-state index contributed by atoms with van der Waals surface area (Å²) in [4.78, 5) is 0. The SMILES string of the molecule is C[Si](C)(C)[Si]1=[Si-]C([Si](C)(C)C)([Si](C)(C)C)CCC1([Si](C)(C)C)[Si](C)(C)C.Cc1ccccc1.[K+]. The molecule has 190 valence electrons. The number of benzene rings is 1. The van der Waals surface area contributed by atoms with Gasteiger partial charge in [-0.15, -0.1) is 0 Å². The minimum atomic E-state index is -1.22. The van der Waals surface area contributed by atoms with E-state index in [1.807, 2.05) is 18.2 Å². The summed E-state index contributed by atoms with van der Waals surface area (Å²) in [5.41, 5.74) is 1.32. The van der Waals surface area contributed by atoms with Gasteiger partial charge in [0.1, 0.15) is 0 Å². The van der Waals surface area contributed by atoms with E-state index in [9.17, 15) is 0 Å². The van der Waals surface area contributed by atoms with E-state index in [2.05, 4.69) is 117 Å². The van der Waals surface area contributed by atoms with E-state index in [0.29, 0.717) is 0 Å². The Labute approximate surface area is 266 Å². The van der Waals surface area contributed by atoms with Crippen LogP contribution in [-0.4, -0.2) is 55.9 Å². The molecule has 2 rings (SSSR count). The molecule has 1 aliphatic rings. The molecule has 1 aliphatic heterocycles. The van der Waals surface area contributed by atoms with Crippen molar-refractivity contribution in [3.05, 3.63) is 35.9 Å². The number of rotatable bonds is 5. The fraction of sp³-hybridized carbons (Fsp3) is 0.769. The van der Waals surface area contributed by atoms with Crippen LogP contribution in [0.15, 0.2) is 30.3 Å². The molecular weight excluding hydrogens is 548 g/mol. The van der Waals surface area contributed by atoms with Crippen molar-refractivity contribution in [2.45, 2.75) is 127 Å². The molecule has 0 atom stereocenters. The molecule has 0 aliphatic carbocycles. The van der Waals surface area contributed by atoms with Gasteiger partial charge >= 0.3 is 51.4 Å². The molecule has 1 aromatic rings. The predicted molar refractivity (Wildman–Crippen MR) is 174 cm³/mol. The average molecular weight is 605 g/mol. The molecule has 0 radical (unpaired) electrons. The van der Waals surface area contributed by atoms with Gasteiger partial charge in [-0.25, -0.2) is 7.41 Å². The van der Waals surface area contributed by atoms with E-state index in [1.54, 1.807) is 12.8 Å². The topological polar surface area (TPSA) is 0 Å². The van der Waals surface area contributed by atoms with Crippen molar-refractivity contribution in [1.82, 2.24) is 0 Å². The smallest absolute Gasteiger partial charge is 0.460 e. The van der Waals surface area contributed by atoms with Crippen LogP contribution in [0.5, 0.6) is 0 Å². The van der Waals surface area contributed by atoms with Gasteiger partial charge in [0.15, 0.2) is 0 Å². The van der Waals surface area contributed by atoms with Crippen LogP contribution in [0.4, 0.5) is 0 Å². The zero-order valence-corrected chi connectivity index (χ0v) is 36.4. The predicted octanol–water partition coefficient (Wildman–Crippen LogP) is 6.30. The molecule has 0 saturated carbocycles. The Kier molecular flexibility index (Phi) is 13.1. The molecule has 0 saturated heterocycles. The van der Waals surface area contributed by atoms with Crippen molar-refractivity contribution in [3.8, 4) is 0 Å². The maximum absolute atomic E-state index is 2.77. The number of hydrogen-bond acceptors (Lipinski definition) is 0. The summed E-state index contributed by atoms with van der Waals surface area (Å²) in [6.07, 6.45) is 3.22. The Hall–Kier alpha value is 2.37. The third-order valence-corrected chi connectivity index (χ3v) is 64.9. The third-order valence-electron chi connectivity index (χ3n) is 8.45. The average Bonchev–Trinajstić information content (AvgIpc) is 2.57. The number of aryl methyl sites for hydroxylation is 1. The normalized spacial score (nSPS) is 18.8. The van der Waals surface area contributed by atoms with Crippen LogP contribution in [0.1, 0.15) is 18.4 Å². The van der Waals surface area contributed by atoms with E-state index in [0.717, 1.165) is 8.57 Å². The first kappa shape index (κ1) is 36.4.